The highest BCUT2D eigenvalue weighted by Crippen LogP contribution is 2.29. The van der Waals surface area contributed by atoms with E-state index in [-0.39, 0.29) is 12.5 Å². The standard InChI is InChI=1S/C22H25N3O4/c1-22(17-10-12-18(29-2)13-11-17)20(27)25(21(28)24-22)15-19(26)23-14-6-9-16-7-4-3-5-8-16/h3-5,7-8,10-13H,6,9,14-15H2,1-2H3,(H,23,26)(H,24,28). The normalized spacial score (nSPS) is 18.5. The van der Waals surface area contributed by atoms with E-state index in [9.17, 15) is 14.4 Å². The monoisotopic (exact) mass is 395 g/mol. The van der Waals surface area contributed by atoms with Gasteiger partial charge in [0.25, 0.3) is 5.91 Å². The average molecular weight is 395 g/mol. The molecule has 1 fully saturated rings. The quantitative estimate of drug-likeness (QED) is 0.530. The van der Waals surface area contributed by atoms with E-state index in [1.807, 2.05) is 30.3 Å². The second kappa shape index (κ2) is 8.77. The first kappa shape index (κ1) is 20.4. The smallest absolute Gasteiger partial charge is 0.325 e. The van der Waals surface area contributed by atoms with Crippen molar-refractivity contribution in [2.24, 2.45) is 0 Å². The molecule has 4 amide bonds. The number of hydrogen-bond acceptors (Lipinski definition) is 4. The van der Waals surface area contributed by atoms with Gasteiger partial charge in [-0.15, -0.1) is 0 Å². The lowest BCUT2D eigenvalue weighted by molar-refractivity contribution is -0.134. The molecule has 0 spiro atoms. The number of imide groups is 1. The Labute approximate surface area is 170 Å². The molecule has 7 nitrogen and oxygen atoms in total. The summed E-state index contributed by atoms with van der Waals surface area (Å²) in [5.41, 5.74) is 0.616. The van der Waals surface area contributed by atoms with Crippen LogP contribution >= 0.6 is 0 Å². The van der Waals surface area contributed by atoms with Crippen LogP contribution in [-0.4, -0.2) is 42.9 Å². The third-order valence-corrected chi connectivity index (χ3v) is 5.05. The molecule has 2 aromatic carbocycles. The number of hydrogen-bond donors (Lipinski definition) is 2. The topological polar surface area (TPSA) is 87.7 Å². The van der Waals surface area contributed by atoms with Crippen LogP contribution in [0, 0.1) is 0 Å². The van der Waals surface area contributed by atoms with Crippen molar-refractivity contribution in [2.45, 2.75) is 25.3 Å². The van der Waals surface area contributed by atoms with Crippen LogP contribution in [0.3, 0.4) is 0 Å². The fourth-order valence-electron chi connectivity index (χ4n) is 3.33. The maximum atomic E-state index is 12.9. The van der Waals surface area contributed by atoms with E-state index in [0.29, 0.717) is 17.9 Å². The molecule has 7 heteroatoms. The van der Waals surface area contributed by atoms with E-state index in [4.69, 9.17) is 4.74 Å². The summed E-state index contributed by atoms with van der Waals surface area (Å²) in [5, 5.41) is 5.47. The SMILES string of the molecule is COc1ccc(C2(C)NC(=O)N(CC(=O)NCCCc3ccccc3)C2=O)cc1. The Morgan fingerprint density at radius 3 is 2.45 bits per heavy atom. The van der Waals surface area contributed by atoms with Crippen LogP contribution in [0.25, 0.3) is 0 Å². The van der Waals surface area contributed by atoms with Crippen LogP contribution in [0.5, 0.6) is 5.75 Å². The molecule has 3 rings (SSSR count). The molecule has 152 valence electrons. The molecule has 1 saturated heterocycles. The number of rotatable bonds is 8. The summed E-state index contributed by atoms with van der Waals surface area (Å²) in [6.45, 7) is 1.81. The second-order valence-electron chi connectivity index (χ2n) is 7.11. The van der Waals surface area contributed by atoms with Gasteiger partial charge in [0.2, 0.25) is 5.91 Å². The Hall–Kier alpha value is -3.35. The van der Waals surface area contributed by atoms with Gasteiger partial charge >= 0.3 is 6.03 Å². The van der Waals surface area contributed by atoms with Crippen molar-refractivity contribution in [3.8, 4) is 5.75 Å². The van der Waals surface area contributed by atoms with Crippen LogP contribution in [0.4, 0.5) is 4.79 Å². The number of carbonyl (C=O) groups is 3. The highest BCUT2D eigenvalue weighted by molar-refractivity contribution is 6.09. The molecule has 1 aliphatic rings. The van der Waals surface area contributed by atoms with Gasteiger partial charge in [-0.05, 0) is 43.0 Å². The minimum Gasteiger partial charge on any atom is -0.497 e. The zero-order chi connectivity index (χ0) is 20.9. The van der Waals surface area contributed by atoms with Crippen molar-refractivity contribution in [1.82, 2.24) is 15.5 Å². The first-order valence-corrected chi connectivity index (χ1v) is 9.53. The molecular weight excluding hydrogens is 370 g/mol. The summed E-state index contributed by atoms with van der Waals surface area (Å²) in [6.07, 6.45) is 1.62. The number of benzene rings is 2. The van der Waals surface area contributed by atoms with E-state index in [1.165, 1.54) is 5.56 Å². The number of carbonyl (C=O) groups excluding carboxylic acids is 3. The number of amides is 4. The van der Waals surface area contributed by atoms with Gasteiger partial charge in [0.1, 0.15) is 17.8 Å². The van der Waals surface area contributed by atoms with Crippen molar-refractivity contribution in [3.05, 3.63) is 65.7 Å². The minimum atomic E-state index is -1.21. The summed E-state index contributed by atoms with van der Waals surface area (Å²) in [6, 6.07) is 16.3. The van der Waals surface area contributed by atoms with Gasteiger partial charge in [-0.3, -0.25) is 14.5 Å². The van der Waals surface area contributed by atoms with Crippen LogP contribution in [0.2, 0.25) is 0 Å². The van der Waals surface area contributed by atoms with E-state index >= 15 is 0 Å². The Balaban J connectivity index is 1.54. The molecule has 2 aromatic rings. The van der Waals surface area contributed by atoms with E-state index in [2.05, 4.69) is 10.6 Å². The van der Waals surface area contributed by atoms with Gasteiger partial charge in [-0.2, -0.15) is 0 Å². The second-order valence-corrected chi connectivity index (χ2v) is 7.11. The van der Waals surface area contributed by atoms with Gasteiger partial charge in [0, 0.05) is 6.54 Å². The first-order valence-electron chi connectivity index (χ1n) is 9.53. The molecule has 1 unspecified atom stereocenters. The Bertz CT molecular complexity index is 883. The lowest BCUT2D eigenvalue weighted by Crippen LogP contribution is -2.43. The van der Waals surface area contributed by atoms with Crippen LogP contribution < -0.4 is 15.4 Å². The summed E-state index contributed by atoms with van der Waals surface area (Å²) in [7, 11) is 1.55. The highest BCUT2D eigenvalue weighted by atomic mass is 16.5. The number of urea groups is 1. The molecule has 0 aliphatic carbocycles. The third-order valence-electron chi connectivity index (χ3n) is 5.05. The largest absolute Gasteiger partial charge is 0.497 e. The molecule has 1 aliphatic heterocycles. The van der Waals surface area contributed by atoms with Crippen LogP contribution in [-0.2, 0) is 21.5 Å². The fourth-order valence-corrected chi connectivity index (χ4v) is 3.33. The van der Waals surface area contributed by atoms with Gasteiger partial charge in [-0.1, -0.05) is 42.5 Å². The zero-order valence-corrected chi connectivity index (χ0v) is 16.6. The maximum Gasteiger partial charge on any atom is 0.325 e. The van der Waals surface area contributed by atoms with Crippen LogP contribution in [0.1, 0.15) is 24.5 Å². The number of methoxy groups -OCH3 is 1. The molecule has 2 N–H and O–H groups in total. The Kier molecular flexibility index (Phi) is 6.16. The molecule has 0 saturated carbocycles. The van der Waals surface area contributed by atoms with Crippen molar-refractivity contribution < 1.29 is 19.1 Å². The molecule has 1 atom stereocenters. The number of nitrogens with one attached hydrogen (secondary N) is 2. The van der Waals surface area contributed by atoms with Gasteiger partial charge in [0.05, 0.1) is 7.11 Å². The molecule has 0 aromatic heterocycles. The number of nitrogens with zero attached hydrogens (tertiary/aromatic N) is 1. The van der Waals surface area contributed by atoms with E-state index in [1.54, 1.807) is 38.3 Å². The van der Waals surface area contributed by atoms with Gasteiger partial charge in [-0.25, -0.2) is 4.79 Å². The lowest BCUT2D eigenvalue weighted by Gasteiger charge is -2.22. The maximum absolute atomic E-state index is 12.9. The third kappa shape index (κ3) is 4.56. The summed E-state index contributed by atoms with van der Waals surface area (Å²) in [5.74, 6) is -0.159. The highest BCUT2D eigenvalue weighted by Gasteiger charge is 2.49. The molecule has 0 radical (unpaired) electrons. The molecule has 0 bridgehead atoms. The summed E-state index contributed by atoms with van der Waals surface area (Å²) in [4.78, 5) is 38.4. The van der Waals surface area contributed by atoms with E-state index in [0.717, 1.165) is 17.7 Å². The Morgan fingerprint density at radius 2 is 1.79 bits per heavy atom. The predicted molar refractivity (Wildman–Crippen MR) is 108 cm³/mol. The lowest BCUT2D eigenvalue weighted by atomic mass is 9.92. The van der Waals surface area contributed by atoms with Crippen molar-refractivity contribution in [3.63, 3.8) is 0 Å². The fraction of sp³-hybridized carbons (Fsp3) is 0.318. The van der Waals surface area contributed by atoms with Crippen molar-refractivity contribution in [1.29, 1.82) is 0 Å². The minimum absolute atomic E-state index is 0.304. The first-order chi connectivity index (χ1) is 13.9. The van der Waals surface area contributed by atoms with Crippen molar-refractivity contribution in [2.75, 3.05) is 20.2 Å². The number of ether oxygens (including phenoxy) is 1. The van der Waals surface area contributed by atoms with Gasteiger partial charge in [0.15, 0.2) is 0 Å². The van der Waals surface area contributed by atoms with E-state index < -0.39 is 17.5 Å². The zero-order valence-electron chi connectivity index (χ0n) is 16.6. The summed E-state index contributed by atoms with van der Waals surface area (Å²) < 4.78 is 5.13. The predicted octanol–water partition coefficient (Wildman–Crippen LogP) is 2.21. The molecule has 29 heavy (non-hydrogen) atoms. The molecular formula is C22H25N3O4. The Morgan fingerprint density at radius 1 is 1.10 bits per heavy atom. The van der Waals surface area contributed by atoms with Gasteiger partial charge < -0.3 is 15.4 Å². The average Bonchev–Trinajstić information content (AvgIpc) is 2.96. The number of aryl methyl sites for hydroxylation is 1. The molecule has 1 heterocycles. The van der Waals surface area contributed by atoms with Crippen molar-refractivity contribution >= 4 is 17.8 Å². The van der Waals surface area contributed by atoms with Crippen LogP contribution in [0.15, 0.2) is 54.6 Å². The summed E-state index contributed by atoms with van der Waals surface area (Å²) >= 11 is 0.